The van der Waals surface area contributed by atoms with E-state index in [-0.39, 0.29) is 17.1 Å². The van der Waals surface area contributed by atoms with Crippen LogP contribution in [0.5, 0.6) is 0 Å². The predicted molar refractivity (Wildman–Crippen MR) is 109 cm³/mol. The molecule has 0 aromatic heterocycles. The average molecular weight is 369 g/mol. The fraction of sp³-hybridized carbons (Fsp3) is 0.318. The number of ether oxygens (including phenoxy) is 1. The largest absolute Gasteiger partial charge is 0.540 e. The van der Waals surface area contributed by atoms with Gasteiger partial charge in [0.1, 0.15) is 6.10 Å². The predicted octanol–water partition coefficient (Wildman–Crippen LogP) is 4.03. The Morgan fingerprint density at radius 3 is 1.81 bits per heavy atom. The molecule has 0 saturated carbocycles. The molecule has 0 aliphatic heterocycles. The summed E-state index contributed by atoms with van der Waals surface area (Å²) in [5.74, 6) is -0.299. The van der Waals surface area contributed by atoms with Crippen LogP contribution in [-0.2, 0) is 14.0 Å². The van der Waals surface area contributed by atoms with E-state index in [1.54, 1.807) is 12.3 Å². The third-order valence-corrected chi connectivity index (χ3v) is 9.26. The van der Waals surface area contributed by atoms with Crippen LogP contribution in [0.1, 0.15) is 34.6 Å². The van der Waals surface area contributed by atoms with Gasteiger partial charge in [-0.05, 0) is 28.4 Å². The van der Waals surface area contributed by atoms with Crippen molar-refractivity contribution in [3.05, 3.63) is 73.0 Å². The van der Waals surface area contributed by atoms with Crippen LogP contribution in [-0.4, -0.2) is 20.4 Å². The van der Waals surface area contributed by atoms with E-state index < -0.39 is 8.32 Å². The Hall–Kier alpha value is -2.33. The van der Waals surface area contributed by atoms with Gasteiger partial charge in [-0.1, -0.05) is 81.4 Å². The summed E-state index contributed by atoms with van der Waals surface area (Å²) in [7, 11) is -2.58. The number of carbonyl (C=O) groups excluding carboxylic acids is 1. The molecule has 3 nitrogen and oxygen atoms in total. The Kier molecular flexibility index (Phi) is 6.43. The lowest BCUT2D eigenvalue weighted by Gasteiger charge is -2.42. The fourth-order valence-corrected chi connectivity index (χ4v) is 7.54. The van der Waals surface area contributed by atoms with Crippen LogP contribution < -0.4 is 10.4 Å². The minimum Gasteiger partial charge on any atom is -0.540 e. The van der Waals surface area contributed by atoms with Gasteiger partial charge >= 0.3 is 14.3 Å². The van der Waals surface area contributed by atoms with Crippen LogP contribution in [0.4, 0.5) is 0 Å². The van der Waals surface area contributed by atoms with Crippen LogP contribution >= 0.6 is 0 Å². The lowest BCUT2D eigenvalue weighted by atomic mass is 10.2. The van der Waals surface area contributed by atoms with Crippen molar-refractivity contribution in [1.82, 2.24) is 0 Å². The van der Waals surface area contributed by atoms with E-state index in [0.717, 1.165) is 0 Å². The highest BCUT2D eigenvalue weighted by atomic mass is 28.4. The monoisotopic (exact) mass is 368 g/mol. The maximum Gasteiger partial charge on any atom is 0.319 e. The summed E-state index contributed by atoms with van der Waals surface area (Å²) < 4.78 is 11.8. The van der Waals surface area contributed by atoms with Crippen molar-refractivity contribution in [2.45, 2.75) is 45.8 Å². The third kappa shape index (κ3) is 4.44. The van der Waals surface area contributed by atoms with Crippen LogP contribution in [0.25, 0.3) is 0 Å². The van der Waals surface area contributed by atoms with Crippen molar-refractivity contribution in [1.29, 1.82) is 0 Å². The molecule has 2 aromatic carbocycles. The normalized spacial score (nSPS) is 13.4. The molecule has 0 saturated heterocycles. The molecule has 0 N–H and O–H groups in total. The first-order chi connectivity index (χ1) is 12.3. The third-order valence-electron chi connectivity index (χ3n) is 4.36. The maximum absolute atomic E-state index is 11.1. The topological polar surface area (TPSA) is 35.5 Å². The molecule has 2 aromatic rings. The van der Waals surface area contributed by atoms with E-state index in [4.69, 9.17) is 9.16 Å². The van der Waals surface area contributed by atoms with Gasteiger partial charge < -0.3 is 9.16 Å². The highest BCUT2D eigenvalue weighted by Crippen LogP contribution is 2.36. The Morgan fingerprint density at radius 2 is 1.42 bits per heavy atom. The number of hydrogen-bond acceptors (Lipinski definition) is 3. The van der Waals surface area contributed by atoms with Crippen molar-refractivity contribution < 1.29 is 14.0 Å². The van der Waals surface area contributed by atoms with E-state index in [0.29, 0.717) is 0 Å². The first kappa shape index (κ1) is 20.0. The molecule has 0 fully saturated rings. The summed E-state index contributed by atoms with van der Waals surface area (Å²) >= 11 is 0. The van der Waals surface area contributed by atoms with Gasteiger partial charge in [-0.3, -0.25) is 4.79 Å². The van der Waals surface area contributed by atoms with Crippen LogP contribution in [0.15, 0.2) is 73.0 Å². The molecule has 1 atom stereocenters. The fourth-order valence-electron chi connectivity index (χ4n) is 3.24. The quantitative estimate of drug-likeness (QED) is 0.439. The molecule has 0 radical (unpaired) electrons. The van der Waals surface area contributed by atoms with Crippen molar-refractivity contribution in [2.24, 2.45) is 0 Å². The molecular formula is C22H28O3Si. The van der Waals surface area contributed by atoms with E-state index in [2.05, 4.69) is 69.3 Å². The zero-order valence-electron chi connectivity index (χ0n) is 16.2. The highest BCUT2D eigenvalue weighted by Gasteiger charge is 2.51. The molecule has 0 bridgehead atoms. The number of hydrogen-bond donors (Lipinski definition) is 0. The Balaban J connectivity index is 2.51. The summed E-state index contributed by atoms with van der Waals surface area (Å²) in [6, 6.07) is 20.9. The van der Waals surface area contributed by atoms with Gasteiger partial charge in [0.2, 0.25) is 0 Å². The van der Waals surface area contributed by atoms with E-state index in [1.165, 1.54) is 17.3 Å². The van der Waals surface area contributed by atoms with Crippen molar-refractivity contribution >= 4 is 24.7 Å². The van der Waals surface area contributed by atoms with E-state index in [9.17, 15) is 4.79 Å². The molecule has 2 rings (SSSR count). The van der Waals surface area contributed by atoms with Gasteiger partial charge in [-0.25, -0.2) is 0 Å². The lowest BCUT2D eigenvalue weighted by molar-refractivity contribution is -0.143. The van der Waals surface area contributed by atoms with Gasteiger partial charge in [-0.15, -0.1) is 0 Å². The SMILES string of the molecule is CC(=O)OC(C)C=CO[Si](c1ccccc1)(c1ccccc1)C(C)(C)C. The molecule has 1 unspecified atom stereocenters. The lowest BCUT2D eigenvalue weighted by Crippen LogP contribution is -2.65. The standard InChI is InChI=1S/C22H28O3Si/c1-18(25-19(2)23)16-17-24-26(22(3,4)5,20-12-8-6-9-13-20)21-14-10-7-11-15-21/h6-18H,1-5H3. The molecule has 0 aliphatic carbocycles. The molecule has 4 heteroatoms. The van der Waals surface area contributed by atoms with Gasteiger partial charge in [0, 0.05) is 6.92 Å². The summed E-state index contributed by atoms with van der Waals surface area (Å²) in [5.41, 5.74) is 0. The molecular weight excluding hydrogens is 340 g/mol. The van der Waals surface area contributed by atoms with Gasteiger partial charge in [0.05, 0.1) is 6.26 Å². The minimum absolute atomic E-state index is 0.0925. The summed E-state index contributed by atoms with van der Waals surface area (Å²) in [6.07, 6.45) is 3.18. The second kappa shape index (κ2) is 8.36. The molecule has 0 aliphatic rings. The van der Waals surface area contributed by atoms with Gasteiger partial charge in [0.15, 0.2) is 0 Å². The molecule has 26 heavy (non-hydrogen) atoms. The Bertz CT molecular complexity index is 693. The first-order valence-corrected chi connectivity index (χ1v) is 10.8. The highest BCUT2D eigenvalue weighted by molar-refractivity contribution is 6.99. The number of rotatable bonds is 6. The van der Waals surface area contributed by atoms with Gasteiger partial charge in [0.25, 0.3) is 0 Å². The smallest absolute Gasteiger partial charge is 0.319 e. The van der Waals surface area contributed by atoms with Gasteiger partial charge in [-0.2, -0.15) is 0 Å². The number of carbonyl (C=O) groups is 1. The number of benzene rings is 2. The van der Waals surface area contributed by atoms with E-state index >= 15 is 0 Å². The van der Waals surface area contributed by atoms with Crippen LogP contribution in [0.3, 0.4) is 0 Å². The van der Waals surface area contributed by atoms with Crippen LogP contribution in [0, 0.1) is 0 Å². The second-order valence-electron chi connectivity index (χ2n) is 7.42. The van der Waals surface area contributed by atoms with Crippen molar-refractivity contribution in [2.75, 3.05) is 0 Å². The zero-order chi connectivity index (χ0) is 19.2. The van der Waals surface area contributed by atoms with Crippen molar-refractivity contribution in [3.63, 3.8) is 0 Å². The average Bonchev–Trinajstić information content (AvgIpc) is 2.58. The molecule has 0 heterocycles. The van der Waals surface area contributed by atoms with Crippen molar-refractivity contribution in [3.8, 4) is 0 Å². The second-order valence-corrected chi connectivity index (χ2v) is 11.7. The minimum atomic E-state index is -2.58. The van der Waals surface area contributed by atoms with E-state index in [1.807, 2.05) is 19.1 Å². The Morgan fingerprint density at radius 1 is 0.962 bits per heavy atom. The zero-order valence-corrected chi connectivity index (χ0v) is 17.2. The summed E-state index contributed by atoms with van der Waals surface area (Å²) in [4.78, 5) is 11.1. The molecule has 138 valence electrons. The molecule has 0 spiro atoms. The number of esters is 1. The van der Waals surface area contributed by atoms with Crippen LogP contribution in [0.2, 0.25) is 5.04 Å². The molecule has 0 amide bonds. The Labute approximate surface area is 157 Å². The maximum atomic E-state index is 11.1. The summed E-state index contributed by atoms with van der Waals surface area (Å²) in [6.45, 7) is 9.91. The summed E-state index contributed by atoms with van der Waals surface area (Å²) in [5, 5.41) is 2.33. The first-order valence-electron chi connectivity index (χ1n) is 8.90.